The molecule has 0 radical (unpaired) electrons. The molecule has 0 saturated carbocycles. The molecule has 3 aromatic rings. The van der Waals surface area contributed by atoms with Crippen LogP contribution >= 0.6 is 23.7 Å². The summed E-state index contributed by atoms with van der Waals surface area (Å²) in [4.78, 5) is 10.6. The van der Waals surface area contributed by atoms with Gasteiger partial charge in [-0.3, -0.25) is 0 Å². The number of aromatic nitrogens is 2. The third kappa shape index (κ3) is 2.46. The lowest BCUT2D eigenvalue weighted by Gasteiger charge is -2.07. The molecule has 3 rings (SSSR count). The van der Waals surface area contributed by atoms with Crippen LogP contribution in [-0.2, 0) is 0 Å². The van der Waals surface area contributed by atoms with E-state index >= 15 is 0 Å². The van der Waals surface area contributed by atoms with E-state index in [1.54, 1.807) is 29.5 Å². The Kier molecular flexibility index (Phi) is 4.20. The molecule has 0 fully saturated rings. The summed E-state index contributed by atoms with van der Waals surface area (Å²) in [6, 6.07) is 6.57. The second-order valence-electron chi connectivity index (χ2n) is 4.29. The minimum absolute atomic E-state index is 0. The molecule has 0 aliphatic heterocycles. The third-order valence-electron chi connectivity index (χ3n) is 3.09. The number of nitrogens with zero attached hydrogens (tertiary/aromatic N) is 2. The zero-order valence-corrected chi connectivity index (χ0v) is 12.6. The van der Waals surface area contributed by atoms with Crippen molar-refractivity contribution < 1.29 is 4.39 Å². The van der Waals surface area contributed by atoms with Gasteiger partial charge in [-0.15, -0.1) is 23.7 Å². The Hall–Kier alpha value is -1.72. The van der Waals surface area contributed by atoms with Crippen molar-refractivity contribution in [2.75, 3.05) is 5.32 Å². The highest BCUT2D eigenvalue weighted by Gasteiger charge is 2.12. The molecule has 6 heteroatoms. The van der Waals surface area contributed by atoms with E-state index < -0.39 is 0 Å². The highest BCUT2D eigenvalue weighted by Crippen LogP contribution is 2.33. The number of halogens is 2. The number of aryl methyl sites for hydroxylation is 2. The van der Waals surface area contributed by atoms with Crippen LogP contribution in [0.2, 0.25) is 0 Å². The summed E-state index contributed by atoms with van der Waals surface area (Å²) in [6.45, 7) is 4.08. The number of para-hydroxylation sites is 1. The monoisotopic (exact) mass is 309 g/mol. The van der Waals surface area contributed by atoms with Gasteiger partial charge in [0.15, 0.2) is 0 Å². The van der Waals surface area contributed by atoms with Crippen LogP contribution in [0.4, 0.5) is 15.9 Å². The van der Waals surface area contributed by atoms with E-state index in [9.17, 15) is 4.39 Å². The second-order valence-corrected chi connectivity index (χ2v) is 5.49. The smallest absolute Gasteiger partial charge is 0.146 e. The molecule has 1 aromatic carbocycles. The Labute approximate surface area is 126 Å². The number of hydrogen-bond donors (Lipinski definition) is 1. The van der Waals surface area contributed by atoms with Crippen molar-refractivity contribution in [3.63, 3.8) is 0 Å². The number of thiophene rings is 1. The molecule has 0 saturated heterocycles. The zero-order valence-electron chi connectivity index (χ0n) is 11.0. The highest BCUT2D eigenvalue weighted by atomic mass is 35.5. The second kappa shape index (κ2) is 5.73. The minimum atomic E-state index is -0.293. The molecule has 2 aromatic heterocycles. The van der Waals surface area contributed by atoms with E-state index in [0.717, 1.165) is 15.8 Å². The Morgan fingerprint density at radius 3 is 2.65 bits per heavy atom. The molecule has 0 spiro atoms. The predicted molar refractivity (Wildman–Crippen MR) is 83.8 cm³/mol. The van der Waals surface area contributed by atoms with Crippen LogP contribution in [0.5, 0.6) is 0 Å². The van der Waals surface area contributed by atoms with Gasteiger partial charge in [0.05, 0.1) is 11.1 Å². The average molecular weight is 310 g/mol. The van der Waals surface area contributed by atoms with Crippen LogP contribution in [-0.4, -0.2) is 9.97 Å². The molecule has 3 nitrogen and oxygen atoms in total. The summed E-state index contributed by atoms with van der Waals surface area (Å²) in [6.07, 6.45) is 1.50. The summed E-state index contributed by atoms with van der Waals surface area (Å²) in [7, 11) is 0. The van der Waals surface area contributed by atoms with E-state index in [-0.39, 0.29) is 18.2 Å². The van der Waals surface area contributed by atoms with E-state index in [2.05, 4.69) is 22.2 Å². The molecule has 0 aliphatic carbocycles. The van der Waals surface area contributed by atoms with Crippen LogP contribution in [0, 0.1) is 19.7 Å². The van der Waals surface area contributed by atoms with Crippen LogP contribution in [0.3, 0.4) is 0 Å². The topological polar surface area (TPSA) is 37.8 Å². The fourth-order valence-electron chi connectivity index (χ4n) is 1.97. The van der Waals surface area contributed by atoms with Crippen LogP contribution in [0.1, 0.15) is 10.4 Å². The minimum Gasteiger partial charge on any atom is -0.337 e. The van der Waals surface area contributed by atoms with Gasteiger partial charge in [0.1, 0.15) is 22.8 Å². The Morgan fingerprint density at radius 2 is 1.90 bits per heavy atom. The summed E-state index contributed by atoms with van der Waals surface area (Å²) >= 11 is 1.62. The van der Waals surface area contributed by atoms with Gasteiger partial charge < -0.3 is 5.32 Å². The summed E-state index contributed by atoms with van der Waals surface area (Å²) in [5.41, 5.74) is 1.56. The maximum atomic E-state index is 13.7. The van der Waals surface area contributed by atoms with Crippen molar-refractivity contribution in [1.29, 1.82) is 0 Å². The van der Waals surface area contributed by atoms with E-state index in [1.807, 2.05) is 6.92 Å². The predicted octanol–water partition coefficient (Wildman–Crippen LogP) is 4.61. The number of fused-ring (bicyclic) bond motifs is 1. The molecule has 0 aliphatic rings. The van der Waals surface area contributed by atoms with Gasteiger partial charge in [-0.2, -0.15) is 0 Å². The number of hydrogen-bond acceptors (Lipinski definition) is 4. The molecule has 1 N–H and O–H groups in total. The fourth-order valence-corrected chi connectivity index (χ4v) is 2.96. The van der Waals surface area contributed by atoms with Gasteiger partial charge >= 0.3 is 0 Å². The van der Waals surface area contributed by atoms with Crippen molar-refractivity contribution in [3.05, 3.63) is 46.9 Å². The van der Waals surface area contributed by atoms with Crippen molar-refractivity contribution in [2.45, 2.75) is 13.8 Å². The molecule has 20 heavy (non-hydrogen) atoms. The van der Waals surface area contributed by atoms with Gasteiger partial charge in [0.25, 0.3) is 0 Å². The third-order valence-corrected chi connectivity index (χ3v) is 4.21. The lowest BCUT2D eigenvalue weighted by atomic mass is 10.2. The number of benzene rings is 1. The van der Waals surface area contributed by atoms with Gasteiger partial charge in [-0.1, -0.05) is 12.1 Å². The Bertz CT molecular complexity index is 757. The maximum absolute atomic E-state index is 13.7. The SMILES string of the molecule is Cc1sc2ncnc(Nc3ccccc3F)c2c1C.Cl. The highest BCUT2D eigenvalue weighted by molar-refractivity contribution is 7.18. The lowest BCUT2D eigenvalue weighted by molar-refractivity contribution is 0.632. The van der Waals surface area contributed by atoms with Crippen LogP contribution in [0.15, 0.2) is 30.6 Å². The molecule has 0 unspecified atom stereocenters. The Morgan fingerprint density at radius 1 is 1.15 bits per heavy atom. The normalized spacial score (nSPS) is 10.3. The standard InChI is InChI=1S/C14H12FN3S.ClH/c1-8-9(2)19-14-12(8)13(16-7-17-14)18-11-6-4-3-5-10(11)15;/h3-7H,1-2H3,(H,16,17,18);1H. The quantitative estimate of drug-likeness (QED) is 0.751. The van der Waals surface area contributed by atoms with E-state index in [0.29, 0.717) is 11.5 Å². The number of nitrogens with one attached hydrogen (secondary N) is 1. The van der Waals surface area contributed by atoms with Gasteiger partial charge in [0, 0.05) is 4.88 Å². The molecular weight excluding hydrogens is 297 g/mol. The first-order chi connectivity index (χ1) is 9.16. The Balaban J connectivity index is 0.00000147. The van der Waals surface area contributed by atoms with Crippen LogP contribution < -0.4 is 5.32 Å². The maximum Gasteiger partial charge on any atom is 0.146 e. The molecule has 2 heterocycles. The first-order valence-corrected chi connectivity index (χ1v) is 6.70. The first-order valence-electron chi connectivity index (χ1n) is 5.89. The zero-order chi connectivity index (χ0) is 13.4. The van der Waals surface area contributed by atoms with Crippen molar-refractivity contribution in [1.82, 2.24) is 9.97 Å². The van der Waals surface area contributed by atoms with E-state index in [4.69, 9.17) is 0 Å². The van der Waals surface area contributed by atoms with Gasteiger partial charge in [0.2, 0.25) is 0 Å². The summed E-state index contributed by atoms with van der Waals surface area (Å²) in [5.74, 6) is 0.357. The van der Waals surface area contributed by atoms with E-state index in [1.165, 1.54) is 17.3 Å². The first kappa shape index (κ1) is 14.7. The molecular formula is C14H13ClFN3S. The molecule has 0 atom stereocenters. The van der Waals surface area contributed by atoms with Crippen molar-refractivity contribution in [3.8, 4) is 0 Å². The lowest BCUT2D eigenvalue weighted by Crippen LogP contribution is -1.97. The molecule has 104 valence electrons. The number of anilines is 2. The fraction of sp³-hybridized carbons (Fsp3) is 0.143. The molecule has 0 amide bonds. The van der Waals surface area contributed by atoms with Crippen molar-refractivity contribution >= 4 is 45.5 Å². The van der Waals surface area contributed by atoms with Crippen LogP contribution in [0.25, 0.3) is 10.2 Å². The van der Waals surface area contributed by atoms with Crippen molar-refractivity contribution in [2.24, 2.45) is 0 Å². The number of rotatable bonds is 2. The summed E-state index contributed by atoms with van der Waals surface area (Å²) in [5, 5.41) is 4.02. The summed E-state index contributed by atoms with van der Waals surface area (Å²) < 4.78 is 13.7. The average Bonchev–Trinajstić information content (AvgIpc) is 2.69. The molecule has 0 bridgehead atoms. The van der Waals surface area contributed by atoms with Gasteiger partial charge in [-0.25, -0.2) is 14.4 Å². The van der Waals surface area contributed by atoms with Gasteiger partial charge in [-0.05, 0) is 31.5 Å². The largest absolute Gasteiger partial charge is 0.337 e.